The fourth-order valence-electron chi connectivity index (χ4n) is 3.62. The Balaban J connectivity index is 1.88. The molecule has 0 aliphatic rings. The average Bonchev–Trinajstić information content (AvgIpc) is 2.80. The smallest absolute Gasteiger partial charge is 0.407 e. The molecule has 0 saturated carbocycles. The van der Waals surface area contributed by atoms with Crippen LogP contribution in [0.2, 0.25) is 0 Å². The molecule has 0 aromatic heterocycles. The van der Waals surface area contributed by atoms with E-state index in [2.05, 4.69) is 5.32 Å². The third kappa shape index (κ3) is 7.66. The summed E-state index contributed by atoms with van der Waals surface area (Å²) < 4.78 is 5.38. The fourth-order valence-corrected chi connectivity index (χ4v) is 3.62. The summed E-state index contributed by atoms with van der Waals surface area (Å²) in [6.45, 7) is 6.42. The Morgan fingerprint density at radius 3 is 1.82 bits per heavy atom. The molecule has 3 aromatic rings. The first kappa shape index (κ1) is 24.8. The zero-order valence-corrected chi connectivity index (χ0v) is 20.0. The van der Waals surface area contributed by atoms with Gasteiger partial charge in [0.05, 0.1) is 5.92 Å². The molecule has 2 amide bonds. The van der Waals surface area contributed by atoms with Crippen molar-refractivity contribution in [2.75, 3.05) is 12.3 Å². The van der Waals surface area contributed by atoms with Gasteiger partial charge in [-0.2, -0.15) is 0 Å². The highest BCUT2D eigenvalue weighted by Crippen LogP contribution is 2.23. The van der Waals surface area contributed by atoms with Gasteiger partial charge in [0.25, 0.3) is 0 Å². The van der Waals surface area contributed by atoms with Crippen LogP contribution in [0.3, 0.4) is 0 Å². The van der Waals surface area contributed by atoms with Crippen molar-refractivity contribution in [1.82, 2.24) is 10.2 Å². The zero-order valence-electron chi connectivity index (χ0n) is 20.0. The van der Waals surface area contributed by atoms with Gasteiger partial charge in [0.2, 0.25) is 5.91 Å². The van der Waals surface area contributed by atoms with Crippen LogP contribution in [0.1, 0.15) is 43.4 Å². The molecule has 3 N–H and O–H groups in total. The van der Waals surface area contributed by atoms with Crippen molar-refractivity contribution in [3.05, 3.63) is 102 Å². The SMILES string of the molecule is CC(C)(C)OC(=O)NC[C@H](C(=O)N(Cc1ccccc1)Cc1ccccc1)c1ccc(N)cc1. The van der Waals surface area contributed by atoms with Gasteiger partial charge >= 0.3 is 6.09 Å². The minimum absolute atomic E-state index is 0.0893. The Hall–Kier alpha value is -3.80. The molecule has 6 nitrogen and oxygen atoms in total. The van der Waals surface area contributed by atoms with Crippen molar-refractivity contribution in [2.45, 2.75) is 45.4 Å². The van der Waals surface area contributed by atoms with Crippen LogP contribution < -0.4 is 11.1 Å². The van der Waals surface area contributed by atoms with E-state index in [9.17, 15) is 9.59 Å². The van der Waals surface area contributed by atoms with Crippen molar-refractivity contribution in [3.63, 3.8) is 0 Å². The van der Waals surface area contributed by atoms with Gasteiger partial charge in [0.15, 0.2) is 0 Å². The van der Waals surface area contributed by atoms with E-state index in [-0.39, 0.29) is 12.5 Å². The Kier molecular flexibility index (Phi) is 8.30. The highest BCUT2D eigenvalue weighted by Gasteiger charge is 2.28. The van der Waals surface area contributed by atoms with Crippen LogP contribution >= 0.6 is 0 Å². The van der Waals surface area contributed by atoms with Crippen LogP contribution in [-0.2, 0) is 22.6 Å². The number of carbonyl (C=O) groups is 2. The van der Waals surface area contributed by atoms with Crippen molar-refractivity contribution in [1.29, 1.82) is 0 Å². The number of anilines is 1. The number of nitrogens with one attached hydrogen (secondary N) is 1. The van der Waals surface area contributed by atoms with Crippen LogP contribution in [-0.4, -0.2) is 29.0 Å². The number of nitrogens with two attached hydrogens (primary N) is 1. The number of ether oxygens (including phenoxy) is 1. The van der Waals surface area contributed by atoms with Gasteiger partial charge in [-0.15, -0.1) is 0 Å². The molecule has 0 aliphatic carbocycles. The molecule has 178 valence electrons. The van der Waals surface area contributed by atoms with E-state index in [4.69, 9.17) is 10.5 Å². The molecular formula is C28H33N3O3. The molecule has 0 heterocycles. The lowest BCUT2D eigenvalue weighted by Crippen LogP contribution is -2.41. The monoisotopic (exact) mass is 459 g/mol. The van der Waals surface area contributed by atoms with Crippen LogP contribution in [0.15, 0.2) is 84.9 Å². The highest BCUT2D eigenvalue weighted by molar-refractivity contribution is 5.85. The Morgan fingerprint density at radius 2 is 1.35 bits per heavy atom. The minimum Gasteiger partial charge on any atom is -0.444 e. The van der Waals surface area contributed by atoms with Crippen molar-refractivity contribution >= 4 is 17.7 Å². The minimum atomic E-state index is -0.628. The van der Waals surface area contributed by atoms with E-state index in [1.165, 1.54) is 0 Å². The van der Waals surface area contributed by atoms with Gasteiger partial charge < -0.3 is 20.7 Å². The average molecular weight is 460 g/mol. The summed E-state index contributed by atoms with van der Waals surface area (Å²) in [7, 11) is 0. The lowest BCUT2D eigenvalue weighted by atomic mass is 9.96. The fraction of sp³-hybridized carbons (Fsp3) is 0.286. The number of hydrogen-bond donors (Lipinski definition) is 2. The first-order valence-corrected chi connectivity index (χ1v) is 11.4. The number of hydrogen-bond acceptors (Lipinski definition) is 4. The number of nitrogens with zero attached hydrogens (tertiary/aromatic N) is 1. The molecule has 0 spiro atoms. The second-order valence-corrected chi connectivity index (χ2v) is 9.27. The van der Waals surface area contributed by atoms with Crippen molar-refractivity contribution in [3.8, 4) is 0 Å². The van der Waals surface area contributed by atoms with Gasteiger partial charge in [0.1, 0.15) is 5.60 Å². The van der Waals surface area contributed by atoms with Crippen LogP contribution in [0, 0.1) is 0 Å². The van der Waals surface area contributed by atoms with Gasteiger partial charge in [0, 0.05) is 25.3 Å². The molecule has 1 atom stereocenters. The molecule has 6 heteroatoms. The largest absolute Gasteiger partial charge is 0.444 e. The third-order valence-electron chi connectivity index (χ3n) is 5.23. The number of amides is 2. The molecule has 3 rings (SSSR count). The Morgan fingerprint density at radius 1 is 0.853 bits per heavy atom. The normalized spacial score (nSPS) is 12.0. The Bertz CT molecular complexity index is 1020. The van der Waals surface area contributed by atoms with E-state index in [0.29, 0.717) is 18.8 Å². The zero-order chi connectivity index (χ0) is 24.6. The second-order valence-electron chi connectivity index (χ2n) is 9.27. The number of carbonyl (C=O) groups excluding carboxylic acids is 2. The lowest BCUT2D eigenvalue weighted by molar-refractivity contribution is -0.134. The number of nitrogen functional groups attached to an aromatic ring is 1. The molecule has 0 bridgehead atoms. The molecule has 34 heavy (non-hydrogen) atoms. The molecule has 0 aliphatic heterocycles. The van der Waals surface area contributed by atoms with E-state index in [1.807, 2.05) is 77.7 Å². The lowest BCUT2D eigenvalue weighted by Gasteiger charge is -2.29. The second kappa shape index (κ2) is 11.4. The number of alkyl carbamates (subject to hydrolysis) is 1. The Labute approximate surface area is 201 Å². The molecular weight excluding hydrogens is 426 g/mol. The summed E-state index contributed by atoms with van der Waals surface area (Å²) in [6, 6.07) is 27.0. The molecule has 3 aromatic carbocycles. The van der Waals surface area contributed by atoms with Crippen molar-refractivity contribution in [2.24, 2.45) is 0 Å². The maximum atomic E-state index is 13.9. The van der Waals surface area contributed by atoms with Crippen molar-refractivity contribution < 1.29 is 14.3 Å². The standard InChI is InChI=1S/C28H33N3O3/c1-28(2,3)34-27(33)30-18-25(23-14-16-24(29)17-15-23)26(32)31(19-21-10-6-4-7-11-21)20-22-12-8-5-9-13-22/h4-17,25H,18-20,29H2,1-3H3,(H,30,33)/t25-/m0/s1. The molecule has 0 fully saturated rings. The van der Waals surface area contributed by atoms with Crippen LogP contribution in [0.5, 0.6) is 0 Å². The van der Waals surface area contributed by atoms with E-state index in [1.54, 1.807) is 32.9 Å². The summed E-state index contributed by atoms with van der Waals surface area (Å²) >= 11 is 0. The number of benzene rings is 3. The van der Waals surface area contributed by atoms with Crippen LogP contribution in [0.25, 0.3) is 0 Å². The quantitative estimate of drug-likeness (QED) is 0.459. The first-order chi connectivity index (χ1) is 16.2. The van der Waals surface area contributed by atoms with Gasteiger partial charge in [-0.1, -0.05) is 72.8 Å². The van der Waals surface area contributed by atoms with Gasteiger partial charge in [-0.05, 0) is 49.6 Å². The molecule has 0 radical (unpaired) electrons. The summed E-state index contributed by atoms with van der Waals surface area (Å²) in [6.07, 6.45) is -0.557. The predicted molar refractivity (Wildman–Crippen MR) is 135 cm³/mol. The maximum Gasteiger partial charge on any atom is 0.407 e. The third-order valence-corrected chi connectivity index (χ3v) is 5.23. The summed E-state index contributed by atoms with van der Waals surface area (Å²) in [5.74, 6) is -0.686. The van der Waals surface area contributed by atoms with Gasteiger partial charge in [-0.3, -0.25) is 4.79 Å². The summed E-state index contributed by atoms with van der Waals surface area (Å²) in [5.41, 5.74) is 8.70. The summed E-state index contributed by atoms with van der Waals surface area (Å²) in [5, 5.41) is 2.78. The van der Waals surface area contributed by atoms with Gasteiger partial charge in [-0.25, -0.2) is 4.79 Å². The predicted octanol–water partition coefficient (Wildman–Crippen LogP) is 5.11. The highest BCUT2D eigenvalue weighted by atomic mass is 16.6. The maximum absolute atomic E-state index is 13.9. The van der Waals surface area contributed by atoms with E-state index in [0.717, 1.165) is 16.7 Å². The van der Waals surface area contributed by atoms with Crippen LogP contribution in [0.4, 0.5) is 10.5 Å². The number of rotatable bonds is 8. The van der Waals surface area contributed by atoms with E-state index >= 15 is 0 Å². The molecule has 0 unspecified atom stereocenters. The topological polar surface area (TPSA) is 84.7 Å². The van der Waals surface area contributed by atoms with E-state index < -0.39 is 17.6 Å². The summed E-state index contributed by atoms with van der Waals surface area (Å²) in [4.78, 5) is 28.1. The first-order valence-electron chi connectivity index (χ1n) is 11.4. The molecule has 0 saturated heterocycles.